The van der Waals surface area contributed by atoms with Crippen LogP contribution in [0.2, 0.25) is 0 Å². The van der Waals surface area contributed by atoms with Gasteiger partial charge in [0.2, 0.25) is 0 Å². The first kappa shape index (κ1) is 13.5. The van der Waals surface area contributed by atoms with Crippen LogP contribution in [0.1, 0.15) is 24.8 Å². The summed E-state index contributed by atoms with van der Waals surface area (Å²) in [7, 11) is 0. The summed E-state index contributed by atoms with van der Waals surface area (Å²) in [5.74, 6) is -0.912. The summed E-state index contributed by atoms with van der Waals surface area (Å²) in [6.45, 7) is 6.02. The highest BCUT2D eigenvalue weighted by Gasteiger charge is 2.42. The SMILES string of the molecule is C=C(C)CN=C(N)NC1CC1c1c(F)cccc1F. The minimum absolute atomic E-state index is 0.0553. The van der Waals surface area contributed by atoms with E-state index >= 15 is 0 Å². The summed E-state index contributed by atoms with van der Waals surface area (Å²) in [5.41, 5.74) is 6.72. The zero-order valence-corrected chi connectivity index (χ0v) is 10.8. The molecule has 0 heterocycles. The average Bonchev–Trinajstić information content (AvgIpc) is 3.05. The predicted molar refractivity (Wildman–Crippen MR) is 71.9 cm³/mol. The zero-order chi connectivity index (χ0) is 14.0. The van der Waals surface area contributed by atoms with Crippen molar-refractivity contribution in [1.82, 2.24) is 5.32 Å². The Kier molecular flexibility index (Phi) is 3.83. The lowest BCUT2D eigenvalue weighted by atomic mass is 10.1. The van der Waals surface area contributed by atoms with Gasteiger partial charge in [-0.15, -0.1) is 0 Å². The largest absolute Gasteiger partial charge is 0.370 e. The standard InChI is InChI=1S/C14H17F2N3/c1-8(2)7-18-14(17)19-12-6-9(12)13-10(15)4-3-5-11(13)16/h3-5,9,12H,1,6-7H2,2H3,(H3,17,18,19). The smallest absolute Gasteiger partial charge is 0.189 e. The van der Waals surface area contributed by atoms with Crippen molar-refractivity contribution in [3.8, 4) is 0 Å². The highest BCUT2D eigenvalue weighted by molar-refractivity contribution is 5.78. The Morgan fingerprint density at radius 3 is 2.68 bits per heavy atom. The van der Waals surface area contributed by atoms with Crippen molar-refractivity contribution in [1.29, 1.82) is 0 Å². The lowest BCUT2D eigenvalue weighted by molar-refractivity contribution is 0.554. The summed E-state index contributed by atoms with van der Waals surface area (Å²) in [6.07, 6.45) is 0.654. The average molecular weight is 265 g/mol. The third kappa shape index (κ3) is 3.30. The molecule has 1 aromatic carbocycles. The maximum absolute atomic E-state index is 13.6. The molecular weight excluding hydrogens is 248 g/mol. The van der Waals surface area contributed by atoms with Crippen LogP contribution < -0.4 is 11.1 Å². The molecule has 1 aliphatic rings. The Bertz CT molecular complexity index is 505. The van der Waals surface area contributed by atoms with Crippen LogP contribution in [0.3, 0.4) is 0 Å². The maximum Gasteiger partial charge on any atom is 0.189 e. The molecule has 0 amide bonds. The molecule has 3 N–H and O–H groups in total. The van der Waals surface area contributed by atoms with Gasteiger partial charge in [0.05, 0.1) is 6.54 Å². The zero-order valence-electron chi connectivity index (χ0n) is 10.8. The van der Waals surface area contributed by atoms with E-state index in [4.69, 9.17) is 5.73 Å². The lowest BCUT2D eigenvalue weighted by Crippen LogP contribution is -2.34. The summed E-state index contributed by atoms with van der Waals surface area (Å²) in [5, 5.41) is 2.97. The number of nitrogens with zero attached hydrogens (tertiary/aromatic N) is 1. The van der Waals surface area contributed by atoms with Crippen molar-refractivity contribution < 1.29 is 8.78 Å². The van der Waals surface area contributed by atoms with Crippen LogP contribution in [0.25, 0.3) is 0 Å². The summed E-state index contributed by atoms with van der Waals surface area (Å²) >= 11 is 0. The molecular formula is C14H17F2N3. The Hall–Kier alpha value is -1.91. The third-order valence-corrected chi connectivity index (χ3v) is 3.01. The van der Waals surface area contributed by atoms with Gasteiger partial charge in [-0.25, -0.2) is 13.8 Å². The number of aliphatic imine (C=N–C) groups is 1. The fourth-order valence-electron chi connectivity index (χ4n) is 1.99. The Morgan fingerprint density at radius 2 is 2.11 bits per heavy atom. The van der Waals surface area contributed by atoms with E-state index in [1.807, 2.05) is 6.92 Å². The molecule has 2 unspecified atom stereocenters. The minimum Gasteiger partial charge on any atom is -0.370 e. The molecule has 1 aliphatic carbocycles. The molecule has 5 heteroatoms. The van der Waals surface area contributed by atoms with Crippen LogP contribution in [0.15, 0.2) is 35.3 Å². The molecule has 0 bridgehead atoms. The van der Waals surface area contributed by atoms with Gasteiger partial charge in [0.25, 0.3) is 0 Å². The second kappa shape index (κ2) is 5.38. The van der Waals surface area contributed by atoms with Gasteiger partial charge >= 0.3 is 0 Å². The van der Waals surface area contributed by atoms with E-state index < -0.39 is 11.6 Å². The molecule has 102 valence electrons. The Morgan fingerprint density at radius 1 is 1.47 bits per heavy atom. The second-order valence-electron chi connectivity index (χ2n) is 4.89. The first-order chi connectivity index (χ1) is 8.99. The number of hydrogen-bond donors (Lipinski definition) is 2. The fourth-order valence-corrected chi connectivity index (χ4v) is 1.99. The molecule has 2 rings (SSSR count). The van der Waals surface area contributed by atoms with Gasteiger partial charge in [-0.1, -0.05) is 18.2 Å². The number of nitrogens with one attached hydrogen (secondary N) is 1. The third-order valence-electron chi connectivity index (χ3n) is 3.01. The maximum atomic E-state index is 13.6. The number of rotatable bonds is 4. The molecule has 0 spiro atoms. The van der Waals surface area contributed by atoms with E-state index in [0.29, 0.717) is 13.0 Å². The Balaban J connectivity index is 1.98. The lowest BCUT2D eigenvalue weighted by Gasteiger charge is -2.07. The van der Waals surface area contributed by atoms with Gasteiger partial charge in [0.1, 0.15) is 11.6 Å². The molecule has 1 aromatic rings. The number of benzene rings is 1. The summed E-state index contributed by atoms with van der Waals surface area (Å²) in [6, 6.07) is 3.85. The van der Waals surface area contributed by atoms with E-state index in [0.717, 1.165) is 5.57 Å². The number of nitrogens with two attached hydrogens (primary N) is 1. The van der Waals surface area contributed by atoms with E-state index in [1.54, 1.807) is 0 Å². The van der Waals surface area contributed by atoms with Crippen molar-refractivity contribution in [2.45, 2.75) is 25.3 Å². The Labute approximate surface area is 111 Å². The molecule has 19 heavy (non-hydrogen) atoms. The minimum atomic E-state index is -0.508. The summed E-state index contributed by atoms with van der Waals surface area (Å²) in [4.78, 5) is 4.07. The van der Waals surface area contributed by atoms with Crippen LogP contribution >= 0.6 is 0 Å². The van der Waals surface area contributed by atoms with Crippen molar-refractivity contribution in [2.75, 3.05) is 6.54 Å². The topological polar surface area (TPSA) is 50.4 Å². The monoisotopic (exact) mass is 265 g/mol. The molecule has 1 saturated carbocycles. The van der Waals surface area contributed by atoms with Gasteiger partial charge in [0, 0.05) is 17.5 Å². The van der Waals surface area contributed by atoms with Crippen LogP contribution in [0.5, 0.6) is 0 Å². The summed E-state index contributed by atoms with van der Waals surface area (Å²) < 4.78 is 27.1. The number of hydrogen-bond acceptors (Lipinski definition) is 1. The first-order valence-corrected chi connectivity index (χ1v) is 6.13. The molecule has 2 atom stereocenters. The highest BCUT2D eigenvalue weighted by Crippen LogP contribution is 2.42. The normalized spacial score (nSPS) is 22.2. The number of halogens is 2. The molecule has 0 aliphatic heterocycles. The molecule has 0 saturated heterocycles. The van der Waals surface area contributed by atoms with E-state index in [1.165, 1.54) is 18.2 Å². The first-order valence-electron chi connectivity index (χ1n) is 6.13. The van der Waals surface area contributed by atoms with Gasteiger partial charge in [-0.05, 0) is 25.5 Å². The van der Waals surface area contributed by atoms with E-state index in [-0.39, 0.29) is 23.5 Å². The van der Waals surface area contributed by atoms with Crippen LogP contribution in [0, 0.1) is 11.6 Å². The van der Waals surface area contributed by atoms with E-state index in [9.17, 15) is 8.78 Å². The molecule has 0 radical (unpaired) electrons. The van der Waals surface area contributed by atoms with Gasteiger partial charge in [-0.2, -0.15) is 0 Å². The molecule has 1 fully saturated rings. The van der Waals surface area contributed by atoms with Crippen LogP contribution in [0.4, 0.5) is 8.78 Å². The van der Waals surface area contributed by atoms with Gasteiger partial charge in [-0.3, -0.25) is 0 Å². The molecule has 0 aromatic heterocycles. The van der Waals surface area contributed by atoms with Crippen molar-refractivity contribution >= 4 is 5.96 Å². The van der Waals surface area contributed by atoms with E-state index in [2.05, 4.69) is 16.9 Å². The molecule has 3 nitrogen and oxygen atoms in total. The van der Waals surface area contributed by atoms with Crippen molar-refractivity contribution in [2.24, 2.45) is 10.7 Å². The van der Waals surface area contributed by atoms with Crippen LogP contribution in [-0.4, -0.2) is 18.5 Å². The second-order valence-corrected chi connectivity index (χ2v) is 4.89. The van der Waals surface area contributed by atoms with Crippen LogP contribution in [-0.2, 0) is 0 Å². The van der Waals surface area contributed by atoms with Crippen molar-refractivity contribution in [3.05, 3.63) is 47.5 Å². The van der Waals surface area contributed by atoms with Gasteiger partial charge in [0.15, 0.2) is 5.96 Å². The quantitative estimate of drug-likeness (QED) is 0.498. The highest BCUT2D eigenvalue weighted by atomic mass is 19.1. The fraction of sp³-hybridized carbons (Fsp3) is 0.357. The van der Waals surface area contributed by atoms with Gasteiger partial charge < -0.3 is 11.1 Å². The predicted octanol–water partition coefficient (Wildman–Crippen LogP) is 2.30. The van der Waals surface area contributed by atoms with Crippen molar-refractivity contribution in [3.63, 3.8) is 0 Å². The number of guanidine groups is 1.